The summed E-state index contributed by atoms with van der Waals surface area (Å²) in [6, 6.07) is 0.228. The Morgan fingerprint density at radius 2 is 2.11 bits per heavy atom. The van der Waals surface area contributed by atoms with Crippen LogP contribution in [0.15, 0.2) is 11.0 Å². The van der Waals surface area contributed by atoms with Crippen LogP contribution < -0.4 is 0 Å². The Labute approximate surface area is 124 Å². The number of hydrogen-bond acceptors (Lipinski definition) is 4. The van der Waals surface area contributed by atoms with Gasteiger partial charge in [-0.15, -0.1) is 11.3 Å². The number of carboxylic acids is 1. The number of halogens is 2. The van der Waals surface area contributed by atoms with E-state index in [0.717, 1.165) is 15.6 Å². The Bertz CT molecular complexity index is 599. The number of piperidine rings is 1. The Balaban J connectivity index is 2.43. The van der Waals surface area contributed by atoms with Crippen molar-refractivity contribution in [2.75, 3.05) is 6.54 Å². The fourth-order valence-corrected chi connectivity index (χ4v) is 5.83. The van der Waals surface area contributed by atoms with Gasteiger partial charge in [0, 0.05) is 6.54 Å². The van der Waals surface area contributed by atoms with Crippen LogP contribution in [0, 0.1) is 0 Å². The zero-order chi connectivity index (χ0) is 14.2. The fraction of sp³-hybridized carbons (Fsp3) is 0.500. The molecule has 1 aromatic heterocycles. The van der Waals surface area contributed by atoms with Crippen molar-refractivity contribution in [3.63, 3.8) is 0 Å². The van der Waals surface area contributed by atoms with E-state index in [-0.39, 0.29) is 20.1 Å². The predicted octanol–water partition coefficient (Wildman–Crippen LogP) is 2.68. The largest absolute Gasteiger partial charge is 0.480 e. The molecule has 1 aliphatic rings. The average Bonchev–Trinajstić information content (AvgIpc) is 2.69. The molecule has 2 heterocycles. The lowest BCUT2D eigenvalue weighted by molar-refractivity contribution is -0.142. The van der Waals surface area contributed by atoms with Crippen molar-refractivity contribution < 1.29 is 18.3 Å². The van der Waals surface area contributed by atoms with E-state index in [1.54, 1.807) is 0 Å². The van der Waals surface area contributed by atoms with Gasteiger partial charge in [-0.3, -0.25) is 4.79 Å². The van der Waals surface area contributed by atoms with Gasteiger partial charge in [0.2, 0.25) is 10.0 Å². The topological polar surface area (TPSA) is 74.7 Å². The highest BCUT2D eigenvalue weighted by atomic mass is 35.5. The molecule has 106 valence electrons. The van der Waals surface area contributed by atoms with E-state index < -0.39 is 22.0 Å². The molecule has 0 saturated carbocycles. The van der Waals surface area contributed by atoms with Crippen molar-refractivity contribution >= 4 is 50.5 Å². The zero-order valence-electron chi connectivity index (χ0n) is 9.67. The van der Waals surface area contributed by atoms with Gasteiger partial charge < -0.3 is 5.11 Å². The summed E-state index contributed by atoms with van der Waals surface area (Å²) in [4.78, 5) is 11.1. The minimum absolute atomic E-state index is 0.0553. The van der Waals surface area contributed by atoms with Crippen LogP contribution in [0.1, 0.15) is 19.3 Å². The fourth-order valence-electron chi connectivity index (χ4n) is 2.07. The number of aliphatic carboxylic acids is 1. The summed E-state index contributed by atoms with van der Waals surface area (Å²) in [6.45, 7) is 0.184. The number of thiophene rings is 1. The lowest BCUT2D eigenvalue weighted by atomic mass is 10.1. The molecule has 0 spiro atoms. The second kappa shape index (κ2) is 5.57. The van der Waals surface area contributed by atoms with Gasteiger partial charge in [0.15, 0.2) is 0 Å². The maximum Gasteiger partial charge on any atom is 0.322 e. The monoisotopic (exact) mass is 343 g/mol. The Hall–Kier alpha value is -0.340. The molecule has 1 aromatic rings. The average molecular weight is 344 g/mol. The summed E-state index contributed by atoms with van der Waals surface area (Å²) >= 11 is 12.5. The highest BCUT2D eigenvalue weighted by molar-refractivity contribution is 7.89. The quantitative estimate of drug-likeness (QED) is 0.915. The Morgan fingerprint density at radius 1 is 1.42 bits per heavy atom. The summed E-state index contributed by atoms with van der Waals surface area (Å²) in [6.07, 6.45) is 1.64. The molecule has 0 aromatic carbocycles. The van der Waals surface area contributed by atoms with E-state index in [4.69, 9.17) is 28.3 Å². The predicted molar refractivity (Wildman–Crippen MR) is 73.5 cm³/mol. The molecule has 0 amide bonds. The number of carbonyl (C=O) groups is 1. The van der Waals surface area contributed by atoms with Crippen LogP contribution in [0.3, 0.4) is 0 Å². The second-order valence-electron chi connectivity index (χ2n) is 4.15. The SMILES string of the molecule is O=C(O)[C@@H]1CCCCN1S(=O)(=O)c1cc(Cl)sc1Cl. The van der Waals surface area contributed by atoms with Gasteiger partial charge in [-0.2, -0.15) is 4.31 Å². The van der Waals surface area contributed by atoms with Crippen LogP contribution in [0.25, 0.3) is 0 Å². The number of carboxylic acid groups (broad SMARTS) is 1. The van der Waals surface area contributed by atoms with Crippen molar-refractivity contribution in [2.24, 2.45) is 0 Å². The van der Waals surface area contributed by atoms with E-state index in [2.05, 4.69) is 0 Å². The second-order valence-corrected chi connectivity index (χ2v) is 8.30. The number of rotatable bonds is 3. The molecule has 1 atom stereocenters. The van der Waals surface area contributed by atoms with Gasteiger partial charge >= 0.3 is 5.97 Å². The molecule has 0 unspecified atom stereocenters. The van der Waals surface area contributed by atoms with E-state index in [1.165, 1.54) is 6.07 Å². The van der Waals surface area contributed by atoms with Gasteiger partial charge in [0.1, 0.15) is 15.3 Å². The van der Waals surface area contributed by atoms with Crippen molar-refractivity contribution in [3.8, 4) is 0 Å². The standard InChI is InChI=1S/C10H11Cl2NO4S2/c11-8-5-7(9(12)18-8)19(16,17)13-4-2-1-3-6(13)10(14)15/h5-6H,1-4H2,(H,14,15)/t6-/m0/s1. The van der Waals surface area contributed by atoms with Crippen LogP contribution in [-0.2, 0) is 14.8 Å². The number of nitrogens with zero attached hydrogens (tertiary/aromatic N) is 1. The molecule has 2 rings (SSSR count). The van der Waals surface area contributed by atoms with Crippen LogP contribution in [0.4, 0.5) is 0 Å². The molecule has 1 saturated heterocycles. The normalized spacial score (nSPS) is 21.5. The summed E-state index contributed by atoms with van der Waals surface area (Å²) < 4.78 is 26.2. The van der Waals surface area contributed by atoms with Gasteiger partial charge in [-0.1, -0.05) is 23.2 Å². The van der Waals surface area contributed by atoms with Crippen LogP contribution in [-0.4, -0.2) is 36.4 Å². The molecule has 5 nitrogen and oxygen atoms in total. The van der Waals surface area contributed by atoms with E-state index in [9.17, 15) is 13.2 Å². The summed E-state index contributed by atoms with van der Waals surface area (Å²) in [7, 11) is -3.92. The van der Waals surface area contributed by atoms with Crippen molar-refractivity contribution in [1.82, 2.24) is 4.31 Å². The molecule has 9 heteroatoms. The highest BCUT2D eigenvalue weighted by Gasteiger charge is 2.39. The third kappa shape index (κ3) is 2.90. The number of hydrogen-bond donors (Lipinski definition) is 1. The zero-order valence-corrected chi connectivity index (χ0v) is 12.8. The highest BCUT2D eigenvalue weighted by Crippen LogP contribution is 2.37. The third-order valence-corrected chi connectivity index (χ3v) is 6.61. The van der Waals surface area contributed by atoms with Gasteiger partial charge in [0.25, 0.3) is 0 Å². The summed E-state index contributed by atoms with van der Waals surface area (Å²) in [5.41, 5.74) is 0. The van der Waals surface area contributed by atoms with Gasteiger partial charge in [-0.05, 0) is 25.3 Å². The molecule has 0 radical (unpaired) electrons. The molecule has 1 N–H and O–H groups in total. The first-order valence-corrected chi connectivity index (χ1v) is 8.55. The summed E-state index contributed by atoms with van der Waals surface area (Å²) in [5, 5.41) is 9.13. The lowest BCUT2D eigenvalue weighted by Crippen LogP contribution is -2.47. The Kier molecular flexibility index (Phi) is 4.42. The number of sulfonamides is 1. The summed E-state index contributed by atoms with van der Waals surface area (Å²) in [5.74, 6) is -1.14. The third-order valence-electron chi connectivity index (χ3n) is 2.95. The van der Waals surface area contributed by atoms with E-state index >= 15 is 0 Å². The first kappa shape index (κ1) is 15.1. The minimum Gasteiger partial charge on any atom is -0.480 e. The maximum atomic E-state index is 12.5. The van der Waals surface area contributed by atoms with Gasteiger partial charge in [0.05, 0.1) is 4.34 Å². The molecule has 0 aliphatic carbocycles. The molecule has 1 aliphatic heterocycles. The van der Waals surface area contributed by atoms with Crippen molar-refractivity contribution in [3.05, 3.63) is 14.7 Å². The van der Waals surface area contributed by atoms with E-state index in [1.807, 2.05) is 0 Å². The Morgan fingerprint density at radius 3 is 2.63 bits per heavy atom. The van der Waals surface area contributed by atoms with Crippen molar-refractivity contribution in [1.29, 1.82) is 0 Å². The lowest BCUT2D eigenvalue weighted by Gasteiger charge is -2.31. The molecular formula is C10H11Cl2NO4S2. The van der Waals surface area contributed by atoms with Crippen LogP contribution in [0.2, 0.25) is 8.67 Å². The molecule has 0 bridgehead atoms. The first-order valence-electron chi connectivity index (χ1n) is 5.53. The van der Waals surface area contributed by atoms with E-state index in [0.29, 0.717) is 19.3 Å². The molecular weight excluding hydrogens is 333 g/mol. The smallest absolute Gasteiger partial charge is 0.322 e. The molecule has 19 heavy (non-hydrogen) atoms. The first-order chi connectivity index (χ1) is 8.84. The van der Waals surface area contributed by atoms with Crippen molar-refractivity contribution in [2.45, 2.75) is 30.2 Å². The maximum absolute atomic E-state index is 12.5. The molecule has 1 fully saturated rings. The van der Waals surface area contributed by atoms with Crippen LogP contribution >= 0.6 is 34.5 Å². The minimum atomic E-state index is -3.92. The van der Waals surface area contributed by atoms with Crippen LogP contribution in [0.5, 0.6) is 0 Å². The van der Waals surface area contributed by atoms with Gasteiger partial charge in [-0.25, -0.2) is 8.42 Å².